The maximum Gasteiger partial charge on any atom is 0.0420 e. The van der Waals surface area contributed by atoms with Gasteiger partial charge in [-0.1, -0.05) is 17.7 Å². The lowest BCUT2D eigenvalue weighted by molar-refractivity contribution is 0.611. The van der Waals surface area contributed by atoms with Crippen molar-refractivity contribution in [1.29, 1.82) is 0 Å². The molecule has 0 aliphatic carbocycles. The van der Waals surface area contributed by atoms with Gasteiger partial charge in [0.1, 0.15) is 0 Å². The van der Waals surface area contributed by atoms with Crippen LogP contribution >= 0.6 is 22.9 Å². The number of rotatable bonds is 3. The minimum absolute atomic E-state index is 0.512. The van der Waals surface area contributed by atoms with Crippen LogP contribution in [0.4, 0.5) is 0 Å². The molecule has 0 aliphatic rings. The Kier molecular flexibility index (Phi) is 3.29. The van der Waals surface area contributed by atoms with E-state index in [9.17, 15) is 0 Å². The lowest BCUT2D eigenvalue weighted by atomic mass is 10.1. The van der Waals surface area contributed by atoms with Crippen LogP contribution in [0.2, 0.25) is 5.02 Å². The number of likely N-dealkylation sites (N-methyl/N-ethyl adjacent to an activating group) is 1. The average Bonchev–Trinajstić information content (AvgIpc) is 2.60. The van der Waals surface area contributed by atoms with Crippen molar-refractivity contribution in [2.24, 2.45) is 0 Å². The van der Waals surface area contributed by atoms with Crippen molar-refractivity contribution >= 4 is 33.0 Å². The summed E-state index contributed by atoms with van der Waals surface area (Å²) in [6, 6.07) is 6.63. The van der Waals surface area contributed by atoms with Gasteiger partial charge >= 0.3 is 0 Å². The topological polar surface area (TPSA) is 12.0 Å². The number of nitrogens with one attached hydrogen (secondary N) is 1. The molecule has 1 aromatic heterocycles. The van der Waals surface area contributed by atoms with Crippen molar-refractivity contribution in [3.05, 3.63) is 34.2 Å². The Balaban J connectivity index is 2.36. The van der Waals surface area contributed by atoms with Crippen molar-refractivity contribution in [3.63, 3.8) is 0 Å². The van der Waals surface area contributed by atoms with E-state index in [0.29, 0.717) is 6.04 Å². The fraction of sp³-hybridized carbons (Fsp3) is 0.333. The number of fused-ring (bicyclic) bond motifs is 1. The molecule has 0 saturated carbocycles. The van der Waals surface area contributed by atoms with Crippen LogP contribution in [0.1, 0.15) is 12.5 Å². The van der Waals surface area contributed by atoms with Gasteiger partial charge in [-0.15, -0.1) is 11.3 Å². The van der Waals surface area contributed by atoms with Crippen LogP contribution in [0, 0.1) is 0 Å². The molecule has 0 saturated heterocycles. The van der Waals surface area contributed by atoms with Crippen molar-refractivity contribution in [1.82, 2.24) is 5.32 Å². The highest BCUT2D eigenvalue weighted by Crippen LogP contribution is 2.29. The molecule has 1 atom stereocenters. The standard InChI is InChI=1S/C12H14ClNS/c1-8(14-2)5-9-7-15-12-6-10(13)3-4-11(9)12/h3-4,6-8,14H,5H2,1-2H3. The van der Waals surface area contributed by atoms with Gasteiger partial charge in [0.25, 0.3) is 0 Å². The third-order valence-electron chi connectivity index (χ3n) is 2.64. The second-order valence-corrected chi connectivity index (χ2v) is 5.14. The fourth-order valence-electron chi connectivity index (χ4n) is 1.65. The molecule has 3 heteroatoms. The first kappa shape index (κ1) is 10.9. The predicted octanol–water partition coefficient (Wildman–Crippen LogP) is 3.71. The SMILES string of the molecule is CNC(C)Cc1csc2cc(Cl)ccc12. The van der Waals surface area contributed by atoms with Crippen LogP contribution in [-0.2, 0) is 6.42 Å². The molecule has 0 radical (unpaired) electrons. The summed E-state index contributed by atoms with van der Waals surface area (Å²) in [5.74, 6) is 0. The minimum Gasteiger partial charge on any atom is -0.317 e. The van der Waals surface area contributed by atoms with Crippen LogP contribution in [0.25, 0.3) is 10.1 Å². The normalized spacial score (nSPS) is 13.3. The Morgan fingerprint density at radius 2 is 2.27 bits per heavy atom. The van der Waals surface area contributed by atoms with Crippen LogP contribution < -0.4 is 5.32 Å². The third kappa shape index (κ3) is 2.33. The largest absolute Gasteiger partial charge is 0.317 e. The highest BCUT2D eigenvalue weighted by molar-refractivity contribution is 7.17. The van der Waals surface area contributed by atoms with E-state index >= 15 is 0 Å². The van der Waals surface area contributed by atoms with Crippen LogP contribution in [0.3, 0.4) is 0 Å². The number of halogens is 1. The molecule has 15 heavy (non-hydrogen) atoms. The van der Waals surface area contributed by atoms with Crippen LogP contribution in [0.5, 0.6) is 0 Å². The van der Waals surface area contributed by atoms with Crippen molar-refractivity contribution in [2.45, 2.75) is 19.4 Å². The predicted molar refractivity (Wildman–Crippen MR) is 69.1 cm³/mol. The summed E-state index contributed by atoms with van der Waals surface area (Å²) in [5, 5.41) is 7.65. The second-order valence-electron chi connectivity index (χ2n) is 3.80. The highest BCUT2D eigenvalue weighted by atomic mass is 35.5. The van der Waals surface area contributed by atoms with Gasteiger partial charge in [-0.2, -0.15) is 0 Å². The van der Waals surface area contributed by atoms with Crippen molar-refractivity contribution < 1.29 is 0 Å². The first-order valence-corrected chi connectivity index (χ1v) is 6.29. The van der Waals surface area contributed by atoms with E-state index < -0.39 is 0 Å². The highest BCUT2D eigenvalue weighted by Gasteiger charge is 2.07. The zero-order chi connectivity index (χ0) is 10.8. The Morgan fingerprint density at radius 1 is 1.47 bits per heavy atom. The molecule has 80 valence electrons. The Labute approximate surface area is 99.1 Å². The summed E-state index contributed by atoms with van der Waals surface area (Å²) >= 11 is 7.72. The van der Waals surface area contributed by atoms with Gasteiger partial charge in [0, 0.05) is 15.8 Å². The van der Waals surface area contributed by atoms with Gasteiger partial charge in [0.05, 0.1) is 0 Å². The summed E-state index contributed by atoms with van der Waals surface area (Å²) in [4.78, 5) is 0. The van der Waals surface area contributed by atoms with E-state index in [-0.39, 0.29) is 0 Å². The summed E-state index contributed by atoms with van der Waals surface area (Å²) in [5.41, 5.74) is 1.41. The van der Waals surface area contributed by atoms with Gasteiger partial charge in [-0.3, -0.25) is 0 Å². The lowest BCUT2D eigenvalue weighted by Crippen LogP contribution is -2.23. The van der Waals surface area contributed by atoms with Crippen LogP contribution in [-0.4, -0.2) is 13.1 Å². The Morgan fingerprint density at radius 3 is 3.00 bits per heavy atom. The maximum atomic E-state index is 5.96. The summed E-state index contributed by atoms with van der Waals surface area (Å²) in [6.45, 7) is 2.19. The molecule has 2 aromatic rings. The molecule has 0 fully saturated rings. The van der Waals surface area contributed by atoms with E-state index in [1.54, 1.807) is 11.3 Å². The number of benzene rings is 1. The molecule has 0 bridgehead atoms. The number of hydrogen-bond acceptors (Lipinski definition) is 2. The molecular weight excluding hydrogens is 226 g/mol. The Hall–Kier alpha value is -0.570. The summed E-state index contributed by atoms with van der Waals surface area (Å²) < 4.78 is 1.28. The maximum absolute atomic E-state index is 5.96. The molecule has 1 aromatic carbocycles. The van der Waals surface area contributed by atoms with E-state index in [0.717, 1.165) is 11.4 Å². The van der Waals surface area contributed by atoms with Crippen LogP contribution in [0.15, 0.2) is 23.6 Å². The zero-order valence-corrected chi connectivity index (χ0v) is 10.5. The molecule has 0 amide bonds. The summed E-state index contributed by atoms with van der Waals surface area (Å²) in [7, 11) is 2.00. The lowest BCUT2D eigenvalue weighted by Gasteiger charge is -2.08. The Bertz CT molecular complexity index is 464. The molecule has 1 unspecified atom stereocenters. The molecular formula is C12H14ClNS. The second kappa shape index (κ2) is 4.52. The van der Waals surface area contributed by atoms with Gasteiger partial charge in [-0.25, -0.2) is 0 Å². The average molecular weight is 240 g/mol. The van der Waals surface area contributed by atoms with Crippen molar-refractivity contribution in [2.75, 3.05) is 7.05 Å². The van der Waals surface area contributed by atoms with Gasteiger partial charge in [0.15, 0.2) is 0 Å². The first-order chi connectivity index (χ1) is 7.20. The van der Waals surface area contributed by atoms with Gasteiger partial charge in [-0.05, 0) is 48.9 Å². The smallest absolute Gasteiger partial charge is 0.0420 e. The van der Waals surface area contributed by atoms with E-state index in [4.69, 9.17) is 11.6 Å². The quantitative estimate of drug-likeness (QED) is 0.861. The molecule has 0 spiro atoms. The molecule has 1 heterocycles. The zero-order valence-electron chi connectivity index (χ0n) is 8.88. The number of hydrogen-bond donors (Lipinski definition) is 1. The van der Waals surface area contributed by atoms with Gasteiger partial charge < -0.3 is 5.32 Å². The van der Waals surface area contributed by atoms with Gasteiger partial charge in [0.2, 0.25) is 0 Å². The van der Waals surface area contributed by atoms with E-state index in [1.165, 1.54) is 15.6 Å². The molecule has 1 nitrogen and oxygen atoms in total. The fourth-order valence-corrected chi connectivity index (χ4v) is 2.90. The van der Waals surface area contributed by atoms with E-state index in [2.05, 4.69) is 23.7 Å². The van der Waals surface area contributed by atoms with Crippen molar-refractivity contribution in [3.8, 4) is 0 Å². The third-order valence-corrected chi connectivity index (χ3v) is 3.87. The molecule has 1 N–H and O–H groups in total. The molecule has 0 aliphatic heterocycles. The molecule has 2 rings (SSSR count). The van der Waals surface area contributed by atoms with E-state index in [1.807, 2.05) is 19.2 Å². The monoisotopic (exact) mass is 239 g/mol. The summed E-state index contributed by atoms with van der Waals surface area (Å²) in [6.07, 6.45) is 1.07. The number of thiophene rings is 1. The first-order valence-electron chi connectivity index (χ1n) is 5.03. The minimum atomic E-state index is 0.512.